The average Bonchev–Trinajstić information content (AvgIpc) is 3.15. The molecule has 4 nitrogen and oxygen atoms in total. The highest BCUT2D eigenvalue weighted by molar-refractivity contribution is 7.10. The molecule has 26 heavy (non-hydrogen) atoms. The number of thiophene rings is 1. The number of benzene rings is 1. The van der Waals surface area contributed by atoms with Crippen molar-refractivity contribution < 1.29 is 9.59 Å². The normalized spacial score (nSPS) is 15.5. The zero-order chi connectivity index (χ0) is 18.4. The van der Waals surface area contributed by atoms with Gasteiger partial charge in [-0.15, -0.1) is 11.3 Å². The molecule has 2 N–H and O–H groups in total. The van der Waals surface area contributed by atoms with Crippen LogP contribution in [-0.4, -0.2) is 17.9 Å². The molecule has 2 aromatic rings. The first-order valence-corrected chi connectivity index (χ1v) is 9.94. The number of amides is 2. The maximum atomic E-state index is 12.8. The Labute approximate surface area is 158 Å². The molecule has 1 aliphatic rings. The van der Waals surface area contributed by atoms with Crippen LogP contribution in [0.4, 0.5) is 0 Å². The lowest BCUT2D eigenvalue weighted by atomic mass is 9.95. The molecule has 1 saturated carbocycles. The fourth-order valence-corrected chi connectivity index (χ4v) is 3.86. The van der Waals surface area contributed by atoms with Gasteiger partial charge in [-0.25, -0.2) is 0 Å². The molecule has 2 amide bonds. The molecular formula is C21H24N2O2S. The Balaban J connectivity index is 1.78. The molecule has 0 unspecified atom stereocenters. The van der Waals surface area contributed by atoms with Crippen molar-refractivity contribution in [3.8, 4) is 0 Å². The monoisotopic (exact) mass is 368 g/mol. The van der Waals surface area contributed by atoms with E-state index in [0.29, 0.717) is 11.3 Å². The molecule has 1 aliphatic carbocycles. The van der Waals surface area contributed by atoms with Gasteiger partial charge in [-0.05, 0) is 48.9 Å². The molecule has 1 aromatic carbocycles. The average molecular weight is 369 g/mol. The Kier molecular flexibility index (Phi) is 6.23. The molecule has 0 atom stereocenters. The van der Waals surface area contributed by atoms with Crippen molar-refractivity contribution in [2.45, 2.75) is 45.1 Å². The molecule has 0 bridgehead atoms. The van der Waals surface area contributed by atoms with Gasteiger partial charge in [0.15, 0.2) is 0 Å². The second kappa shape index (κ2) is 8.81. The zero-order valence-electron chi connectivity index (χ0n) is 15.0. The van der Waals surface area contributed by atoms with Crippen LogP contribution in [0.1, 0.15) is 52.9 Å². The standard InChI is InChI=1S/C21H24N2O2S/c1-15-8-5-6-12-18(15)20(24)23-19(14-17-11-7-13-26-17)21(25)22-16-9-3-2-4-10-16/h5-8,11-14,16H,2-4,9-10H2,1H3,(H,22,25)(H,23,24)/b19-14-. The highest BCUT2D eigenvalue weighted by Crippen LogP contribution is 2.19. The molecule has 5 heteroatoms. The van der Waals surface area contributed by atoms with Crippen molar-refractivity contribution in [3.05, 3.63) is 63.5 Å². The summed E-state index contributed by atoms with van der Waals surface area (Å²) in [6.45, 7) is 1.89. The van der Waals surface area contributed by atoms with E-state index in [2.05, 4.69) is 10.6 Å². The van der Waals surface area contributed by atoms with E-state index >= 15 is 0 Å². The molecule has 0 spiro atoms. The van der Waals surface area contributed by atoms with Crippen molar-refractivity contribution in [3.63, 3.8) is 0 Å². The number of carbonyl (C=O) groups excluding carboxylic acids is 2. The van der Waals surface area contributed by atoms with E-state index in [1.54, 1.807) is 12.1 Å². The van der Waals surface area contributed by atoms with Crippen LogP contribution in [0.3, 0.4) is 0 Å². The van der Waals surface area contributed by atoms with Crippen LogP contribution < -0.4 is 10.6 Å². The number of rotatable bonds is 5. The summed E-state index contributed by atoms with van der Waals surface area (Å²) in [5, 5.41) is 7.85. The molecule has 0 aliphatic heterocycles. The van der Waals surface area contributed by atoms with E-state index in [4.69, 9.17) is 0 Å². The Morgan fingerprint density at radius 1 is 1.08 bits per heavy atom. The molecule has 1 heterocycles. The third-order valence-corrected chi connectivity index (χ3v) is 5.47. The molecule has 0 radical (unpaired) electrons. The molecule has 1 fully saturated rings. The van der Waals surface area contributed by atoms with Crippen molar-refractivity contribution in [1.29, 1.82) is 0 Å². The lowest BCUT2D eigenvalue weighted by Crippen LogP contribution is -2.41. The van der Waals surface area contributed by atoms with Crippen molar-refractivity contribution >= 4 is 29.2 Å². The topological polar surface area (TPSA) is 58.2 Å². The third kappa shape index (κ3) is 4.82. The minimum absolute atomic E-state index is 0.193. The van der Waals surface area contributed by atoms with Gasteiger partial charge in [0.1, 0.15) is 5.70 Å². The van der Waals surface area contributed by atoms with E-state index < -0.39 is 0 Å². The number of hydrogen-bond acceptors (Lipinski definition) is 3. The maximum Gasteiger partial charge on any atom is 0.268 e. The first-order chi connectivity index (χ1) is 12.6. The van der Waals surface area contributed by atoms with Gasteiger partial charge in [-0.1, -0.05) is 43.5 Å². The van der Waals surface area contributed by atoms with Crippen LogP contribution in [0, 0.1) is 6.92 Å². The lowest BCUT2D eigenvalue weighted by molar-refractivity contribution is -0.118. The van der Waals surface area contributed by atoms with Crippen molar-refractivity contribution in [2.24, 2.45) is 0 Å². The van der Waals surface area contributed by atoms with Crippen LogP contribution >= 0.6 is 11.3 Å². The minimum Gasteiger partial charge on any atom is -0.348 e. The SMILES string of the molecule is Cc1ccccc1C(=O)N/C(=C\c1cccs1)C(=O)NC1CCCCC1. The molecule has 136 valence electrons. The first kappa shape index (κ1) is 18.4. The number of carbonyl (C=O) groups is 2. The number of aryl methyl sites for hydroxylation is 1. The fraction of sp³-hybridized carbons (Fsp3) is 0.333. The second-order valence-electron chi connectivity index (χ2n) is 6.65. The largest absolute Gasteiger partial charge is 0.348 e. The lowest BCUT2D eigenvalue weighted by Gasteiger charge is -2.23. The summed E-state index contributed by atoms with van der Waals surface area (Å²) in [6.07, 6.45) is 7.27. The molecule has 1 aromatic heterocycles. The Bertz CT molecular complexity index is 790. The zero-order valence-corrected chi connectivity index (χ0v) is 15.8. The van der Waals surface area contributed by atoms with Crippen LogP contribution in [0.2, 0.25) is 0 Å². The molecule has 3 rings (SSSR count). The van der Waals surface area contributed by atoms with Gasteiger partial charge in [0.05, 0.1) is 0 Å². The van der Waals surface area contributed by atoms with Crippen LogP contribution in [0.25, 0.3) is 6.08 Å². The smallest absolute Gasteiger partial charge is 0.268 e. The van der Waals surface area contributed by atoms with Gasteiger partial charge in [0.2, 0.25) is 0 Å². The Hall–Kier alpha value is -2.40. The third-order valence-electron chi connectivity index (χ3n) is 4.65. The predicted octanol–water partition coefficient (Wildman–Crippen LogP) is 4.28. The number of nitrogens with one attached hydrogen (secondary N) is 2. The summed E-state index contributed by atoms with van der Waals surface area (Å²) in [4.78, 5) is 26.4. The van der Waals surface area contributed by atoms with Crippen molar-refractivity contribution in [2.75, 3.05) is 0 Å². The summed E-state index contributed by atoms with van der Waals surface area (Å²) in [5.74, 6) is -0.475. The molecule has 0 saturated heterocycles. The highest BCUT2D eigenvalue weighted by atomic mass is 32.1. The van der Waals surface area contributed by atoms with Crippen LogP contribution in [0.15, 0.2) is 47.5 Å². The van der Waals surface area contributed by atoms with E-state index in [1.807, 2.05) is 42.6 Å². The minimum atomic E-state index is -0.260. The van der Waals surface area contributed by atoms with Crippen LogP contribution in [-0.2, 0) is 4.79 Å². The predicted molar refractivity (Wildman–Crippen MR) is 106 cm³/mol. The van der Waals surface area contributed by atoms with Crippen LogP contribution in [0.5, 0.6) is 0 Å². The Morgan fingerprint density at radius 3 is 2.54 bits per heavy atom. The van der Waals surface area contributed by atoms with Crippen molar-refractivity contribution in [1.82, 2.24) is 10.6 Å². The first-order valence-electron chi connectivity index (χ1n) is 9.06. The highest BCUT2D eigenvalue weighted by Gasteiger charge is 2.20. The summed E-state index contributed by atoms with van der Waals surface area (Å²) in [7, 11) is 0. The van der Waals surface area contributed by atoms with Gasteiger partial charge < -0.3 is 10.6 Å². The van der Waals surface area contributed by atoms with E-state index in [1.165, 1.54) is 17.8 Å². The van der Waals surface area contributed by atoms with E-state index in [-0.39, 0.29) is 17.9 Å². The second-order valence-corrected chi connectivity index (χ2v) is 7.63. The summed E-state index contributed by atoms with van der Waals surface area (Å²) < 4.78 is 0. The summed E-state index contributed by atoms with van der Waals surface area (Å²) in [5.41, 5.74) is 1.76. The number of hydrogen-bond donors (Lipinski definition) is 2. The van der Waals surface area contributed by atoms with E-state index in [9.17, 15) is 9.59 Å². The van der Waals surface area contributed by atoms with E-state index in [0.717, 1.165) is 36.1 Å². The van der Waals surface area contributed by atoms with Gasteiger partial charge in [-0.2, -0.15) is 0 Å². The van der Waals surface area contributed by atoms with Gasteiger partial charge in [0.25, 0.3) is 11.8 Å². The quantitative estimate of drug-likeness (QED) is 0.774. The fourth-order valence-electron chi connectivity index (χ4n) is 3.20. The summed E-state index contributed by atoms with van der Waals surface area (Å²) in [6, 6.07) is 11.4. The Morgan fingerprint density at radius 2 is 1.85 bits per heavy atom. The van der Waals surface area contributed by atoms with Gasteiger partial charge in [-0.3, -0.25) is 9.59 Å². The summed E-state index contributed by atoms with van der Waals surface area (Å²) >= 11 is 1.53. The maximum absolute atomic E-state index is 12.8. The molecular weight excluding hydrogens is 344 g/mol. The van der Waals surface area contributed by atoms with Gasteiger partial charge >= 0.3 is 0 Å². The van der Waals surface area contributed by atoms with Gasteiger partial charge in [0, 0.05) is 16.5 Å².